The van der Waals surface area contributed by atoms with E-state index < -0.39 is 80.3 Å². The van der Waals surface area contributed by atoms with Gasteiger partial charge in [0, 0.05) is 28.3 Å². The molecule has 3 aromatic rings. The summed E-state index contributed by atoms with van der Waals surface area (Å²) in [6.07, 6.45) is -19.1. The number of amides is 2. The third kappa shape index (κ3) is 6.43. The molecule has 0 spiro atoms. The average Bonchev–Trinajstić information content (AvgIpc) is 2.90. The van der Waals surface area contributed by atoms with Crippen molar-refractivity contribution in [3.63, 3.8) is 0 Å². The normalized spacial score (nSPS) is 12.5. The van der Waals surface area contributed by atoms with Gasteiger partial charge in [-0.05, 0) is 64.5 Å². The summed E-state index contributed by atoms with van der Waals surface area (Å²) in [4.78, 5) is 26.5. The molecule has 0 saturated heterocycles. The summed E-state index contributed by atoms with van der Waals surface area (Å²) in [5, 5.41) is 10.6. The van der Waals surface area contributed by atoms with Gasteiger partial charge < -0.3 is 10.2 Å². The van der Waals surface area contributed by atoms with Crippen LogP contribution in [0.4, 0.5) is 59.7 Å². The maximum Gasteiger partial charge on any atom is 0.435 e. The first-order chi connectivity index (χ1) is 19.6. The smallest absolute Gasteiger partial charge is 0.320 e. The third-order valence-corrected chi connectivity index (χ3v) is 6.57. The van der Waals surface area contributed by atoms with E-state index in [9.17, 15) is 57.9 Å². The molecule has 0 atom stereocenters. The minimum absolute atomic E-state index is 0.0817. The van der Waals surface area contributed by atoms with Crippen molar-refractivity contribution < 1.29 is 57.9 Å². The maximum atomic E-state index is 14.5. The van der Waals surface area contributed by atoms with Crippen LogP contribution in [0.1, 0.15) is 37.4 Å². The van der Waals surface area contributed by atoms with Crippen molar-refractivity contribution >= 4 is 39.1 Å². The van der Waals surface area contributed by atoms with Crippen LogP contribution in [0.2, 0.25) is 0 Å². The second-order valence-electron chi connectivity index (χ2n) is 8.71. The number of alkyl halides is 10. The Morgan fingerprint density at radius 2 is 1.49 bits per heavy atom. The first-order valence-corrected chi connectivity index (χ1v) is 12.1. The fraction of sp³-hybridized carbons (Fsp3) is 0.192. The van der Waals surface area contributed by atoms with Gasteiger partial charge in [-0.2, -0.15) is 44.8 Å². The van der Waals surface area contributed by atoms with Crippen molar-refractivity contribution in [2.45, 2.75) is 24.2 Å². The molecule has 0 aromatic heterocycles. The molecule has 0 aliphatic carbocycles. The first kappa shape index (κ1) is 33.3. The molecule has 17 heteroatoms. The van der Waals surface area contributed by atoms with Gasteiger partial charge in [0.2, 0.25) is 0 Å². The SMILES string of the molecule is CN(C(=O)c1ccc(C#N)cc1F)c1cccc(C(=O)Nc2c(Br)cc(C(F)(C(F)(F)F)C(F)(F)F)cc2C(F)(F)F)c1. The van der Waals surface area contributed by atoms with Gasteiger partial charge in [0.25, 0.3) is 11.8 Å². The number of carbonyl (C=O) groups is 2. The van der Waals surface area contributed by atoms with Crippen LogP contribution in [0, 0.1) is 17.1 Å². The predicted molar refractivity (Wildman–Crippen MR) is 132 cm³/mol. The lowest BCUT2D eigenvalue weighted by atomic mass is 9.92. The summed E-state index contributed by atoms with van der Waals surface area (Å²) >= 11 is 2.39. The number of nitrogens with zero attached hydrogens (tertiary/aromatic N) is 2. The van der Waals surface area contributed by atoms with Crippen LogP contribution < -0.4 is 10.2 Å². The van der Waals surface area contributed by atoms with Crippen LogP contribution in [0.3, 0.4) is 0 Å². The van der Waals surface area contributed by atoms with Crippen LogP contribution in [0.15, 0.2) is 59.1 Å². The zero-order valence-corrected chi connectivity index (χ0v) is 22.5. The lowest BCUT2D eigenvalue weighted by Gasteiger charge is -2.31. The molecule has 1 N–H and O–H groups in total. The third-order valence-electron chi connectivity index (χ3n) is 5.94. The zero-order valence-electron chi connectivity index (χ0n) is 20.9. The highest BCUT2D eigenvalue weighted by Gasteiger charge is 2.73. The molecule has 0 fully saturated rings. The summed E-state index contributed by atoms with van der Waals surface area (Å²) in [6.45, 7) is 0. The standard InChI is InChI=1S/C26H13BrF11N3O2/c1-41(22(43)16-6-5-12(11-39)7-19(16)28)15-4-2-3-13(8-15)21(42)40-20-17(24(30,31)32)9-14(10-18(20)27)23(29,25(33,34)35)26(36,37)38/h2-10H,1H3,(H,40,42). The van der Waals surface area contributed by atoms with E-state index in [1.807, 2.05) is 0 Å². The van der Waals surface area contributed by atoms with Gasteiger partial charge in [-0.15, -0.1) is 0 Å². The number of rotatable bonds is 5. The van der Waals surface area contributed by atoms with Gasteiger partial charge in [-0.3, -0.25) is 9.59 Å². The van der Waals surface area contributed by atoms with E-state index in [4.69, 9.17) is 5.26 Å². The first-order valence-electron chi connectivity index (χ1n) is 11.3. The van der Waals surface area contributed by atoms with Crippen LogP contribution in [0.25, 0.3) is 0 Å². The second-order valence-corrected chi connectivity index (χ2v) is 9.56. The van der Waals surface area contributed by atoms with Crippen molar-refractivity contribution in [3.05, 3.63) is 92.7 Å². The van der Waals surface area contributed by atoms with E-state index in [0.29, 0.717) is 0 Å². The highest BCUT2D eigenvalue weighted by molar-refractivity contribution is 9.10. The number of carbonyl (C=O) groups excluding carboxylic acids is 2. The molecule has 0 radical (unpaired) electrons. The Morgan fingerprint density at radius 1 is 0.884 bits per heavy atom. The lowest BCUT2D eigenvalue weighted by Crippen LogP contribution is -2.50. The van der Waals surface area contributed by atoms with E-state index in [-0.39, 0.29) is 17.3 Å². The molecule has 2 amide bonds. The number of anilines is 2. The fourth-order valence-corrected chi connectivity index (χ4v) is 4.30. The van der Waals surface area contributed by atoms with Crippen molar-refractivity contribution in [2.24, 2.45) is 0 Å². The number of nitriles is 1. The molecule has 0 bridgehead atoms. The minimum atomic E-state index is -6.71. The quantitative estimate of drug-likeness (QED) is 0.274. The summed E-state index contributed by atoms with van der Waals surface area (Å²) in [5.74, 6) is -3.38. The molecule has 0 heterocycles. The van der Waals surface area contributed by atoms with Gasteiger partial charge in [0.05, 0.1) is 28.4 Å². The highest BCUT2D eigenvalue weighted by Crippen LogP contribution is 2.55. The molecule has 228 valence electrons. The molecule has 0 aliphatic heterocycles. The molecule has 5 nitrogen and oxygen atoms in total. The molecule has 3 aromatic carbocycles. The van der Waals surface area contributed by atoms with E-state index in [1.165, 1.54) is 6.07 Å². The monoisotopic (exact) mass is 687 g/mol. The number of benzene rings is 3. The summed E-state index contributed by atoms with van der Waals surface area (Å²) < 4.78 is 148. The molecular weight excluding hydrogens is 675 g/mol. The van der Waals surface area contributed by atoms with Crippen LogP contribution in [-0.2, 0) is 11.8 Å². The molecular formula is C26H13BrF11N3O2. The van der Waals surface area contributed by atoms with Crippen molar-refractivity contribution in [1.82, 2.24) is 0 Å². The lowest BCUT2D eigenvalue weighted by molar-refractivity contribution is -0.348. The summed E-state index contributed by atoms with van der Waals surface area (Å²) in [6, 6.07) is 8.15. The van der Waals surface area contributed by atoms with Crippen molar-refractivity contribution in [3.8, 4) is 6.07 Å². The van der Waals surface area contributed by atoms with Crippen LogP contribution >= 0.6 is 15.9 Å². The Balaban J connectivity index is 2.02. The van der Waals surface area contributed by atoms with E-state index in [1.54, 1.807) is 11.4 Å². The van der Waals surface area contributed by atoms with Gasteiger partial charge in [0.15, 0.2) is 0 Å². The zero-order chi connectivity index (χ0) is 32.7. The van der Waals surface area contributed by atoms with Gasteiger partial charge in [-0.1, -0.05) is 6.07 Å². The number of hydrogen-bond donors (Lipinski definition) is 1. The second kappa shape index (κ2) is 11.5. The van der Waals surface area contributed by atoms with Gasteiger partial charge in [0.1, 0.15) is 5.82 Å². The van der Waals surface area contributed by atoms with Crippen LogP contribution in [0.5, 0.6) is 0 Å². The van der Waals surface area contributed by atoms with Gasteiger partial charge in [-0.25, -0.2) is 8.78 Å². The topological polar surface area (TPSA) is 73.2 Å². The Hall–Kier alpha value is -4.20. The summed E-state index contributed by atoms with van der Waals surface area (Å²) in [7, 11) is 1.15. The van der Waals surface area contributed by atoms with Crippen LogP contribution in [-0.4, -0.2) is 31.2 Å². The van der Waals surface area contributed by atoms with Crippen molar-refractivity contribution in [1.29, 1.82) is 5.26 Å². The molecule has 0 saturated carbocycles. The van der Waals surface area contributed by atoms with E-state index in [0.717, 1.165) is 48.3 Å². The molecule has 0 unspecified atom stereocenters. The van der Waals surface area contributed by atoms with Crippen molar-refractivity contribution in [2.75, 3.05) is 17.3 Å². The number of nitrogens with one attached hydrogen (secondary N) is 1. The van der Waals surface area contributed by atoms with Gasteiger partial charge >= 0.3 is 24.2 Å². The maximum absolute atomic E-state index is 14.5. The van der Waals surface area contributed by atoms with E-state index >= 15 is 0 Å². The average molecular weight is 688 g/mol. The molecule has 43 heavy (non-hydrogen) atoms. The Bertz CT molecular complexity index is 1610. The minimum Gasteiger partial charge on any atom is -0.320 e. The molecule has 3 rings (SSSR count). The fourth-order valence-electron chi connectivity index (χ4n) is 3.74. The Kier molecular flexibility index (Phi) is 8.89. The number of halogens is 12. The molecule has 0 aliphatic rings. The predicted octanol–water partition coefficient (Wildman–Crippen LogP) is 8.30. The Labute approximate surface area is 242 Å². The van der Waals surface area contributed by atoms with E-state index in [2.05, 4.69) is 15.9 Å². The Morgan fingerprint density at radius 3 is 2.00 bits per heavy atom. The largest absolute Gasteiger partial charge is 0.435 e. The number of hydrogen-bond acceptors (Lipinski definition) is 3. The summed E-state index contributed by atoms with van der Waals surface area (Å²) in [5.41, 5.74) is -13.3. The highest BCUT2D eigenvalue weighted by atomic mass is 79.9.